The number of carbonyl (C=O) groups excluding carboxylic acids is 3. The summed E-state index contributed by atoms with van der Waals surface area (Å²) >= 11 is 0. The van der Waals surface area contributed by atoms with Crippen LogP contribution in [0.3, 0.4) is 0 Å². The van der Waals surface area contributed by atoms with Gasteiger partial charge in [0.1, 0.15) is 18.8 Å². The molecule has 0 aromatic rings. The Morgan fingerprint density at radius 2 is 1.17 bits per heavy atom. The zero-order valence-electron chi connectivity index (χ0n) is 18.6. The van der Waals surface area contributed by atoms with Crippen molar-refractivity contribution in [3.05, 3.63) is 0 Å². The van der Waals surface area contributed by atoms with E-state index in [2.05, 4.69) is 0 Å². The normalized spacial score (nSPS) is 10.8. The molecule has 172 valence electrons. The van der Waals surface area contributed by atoms with Gasteiger partial charge in [0, 0.05) is 19.6 Å². The van der Waals surface area contributed by atoms with E-state index in [1.54, 1.807) is 0 Å². The van der Waals surface area contributed by atoms with Crippen LogP contribution >= 0.6 is 0 Å². The van der Waals surface area contributed by atoms with Crippen LogP contribution in [-0.4, -0.2) is 82.5 Å². The van der Waals surface area contributed by atoms with E-state index < -0.39 is 5.60 Å². The fraction of sp³-hybridized carbons (Fsp3) is 0.850. The molecular weight excluding hydrogens is 382 g/mol. The molecule has 0 heterocycles. The van der Waals surface area contributed by atoms with E-state index in [0.29, 0.717) is 59.0 Å². The monoisotopic (exact) mass is 421 g/mol. The summed E-state index contributed by atoms with van der Waals surface area (Å²) in [6.07, 6.45) is 0.979. The van der Waals surface area contributed by atoms with Crippen molar-refractivity contribution in [2.45, 2.75) is 53.1 Å². The summed E-state index contributed by atoms with van der Waals surface area (Å²) in [5.41, 5.74) is 4.74. The van der Waals surface area contributed by atoms with Crippen molar-refractivity contribution < 1.29 is 38.1 Å². The molecule has 29 heavy (non-hydrogen) atoms. The van der Waals surface area contributed by atoms with Gasteiger partial charge in [0.15, 0.2) is 11.6 Å². The molecule has 0 aromatic heterocycles. The number of esters is 1. The Bertz CT molecular complexity index is 435. The maximum absolute atomic E-state index is 11.3. The predicted octanol–water partition coefficient (Wildman–Crippen LogP) is 1.30. The van der Waals surface area contributed by atoms with E-state index in [1.165, 1.54) is 13.8 Å². The molecule has 0 spiro atoms. The quantitative estimate of drug-likeness (QED) is 0.290. The fourth-order valence-electron chi connectivity index (χ4n) is 1.67. The molecule has 0 radical (unpaired) electrons. The number of Topliss-reactive ketones (excluding diaryl/α,β-unsaturated/α-hetero) is 2. The average Bonchev–Trinajstić information content (AvgIpc) is 2.59. The molecule has 9 heteroatoms. The van der Waals surface area contributed by atoms with Gasteiger partial charge in [0.25, 0.3) is 0 Å². The Labute approximate surface area is 174 Å². The molecule has 0 saturated heterocycles. The number of ether oxygens (including phenoxy) is 5. The summed E-state index contributed by atoms with van der Waals surface area (Å²) in [5.74, 6) is -0.178. The topological polar surface area (TPSA) is 123 Å². The van der Waals surface area contributed by atoms with E-state index in [1.807, 2.05) is 20.8 Å². The third-order valence-electron chi connectivity index (χ3n) is 2.71. The minimum absolute atomic E-state index is 0.0000688. The van der Waals surface area contributed by atoms with Crippen LogP contribution in [0.15, 0.2) is 0 Å². The van der Waals surface area contributed by atoms with Crippen molar-refractivity contribution in [2.24, 2.45) is 5.73 Å². The van der Waals surface area contributed by atoms with Gasteiger partial charge in [-0.1, -0.05) is 0 Å². The molecule has 0 aliphatic carbocycles. The van der Waals surface area contributed by atoms with Crippen LogP contribution in [-0.2, 0) is 38.1 Å². The van der Waals surface area contributed by atoms with Crippen LogP contribution in [0, 0.1) is 0 Å². The first-order valence-corrected chi connectivity index (χ1v) is 9.80. The molecule has 0 unspecified atom stereocenters. The highest BCUT2D eigenvalue weighted by Crippen LogP contribution is 2.08. The zero-order valence-corrected chi connectivity index (χ0v) is 18.6. The van der Waals surface area contributed by atoms with Gasteiger partial charge in [-0.3, -0.25) is 14.4 Å². The van der Waals surface area contributed by atoms with Crippen LogP contribution in [0.2, 0.25) is 0 Å². The molecule has 0 bridgehead atoms. The Kier molecular flexibility index (Phi) is 20.5. The first-order valence-electron chi connectivity index (χ1n) is 9.80. The highest BCUT2D eigenvalue weighted by Gasteiger charge is 2.15. The molecule has 2 N–H and O–H groups in total. The van der Waals surface area contributed by atoms with Crippen LogP contribution in [0.25, 0.3) is 0 Å². The summed E-state index contributed by atoms with van der Waals surface area (Å²) in [7, 11) is 0. The first kappa shape index (κ1) is 29.8. The average molecular weight is 422 g/mol. The predicted molar refractivity (Wildman–Crippen MR) is 109 cm³/mol. The lowest BCUT2D eigenvalue weighted by Crippen LogP contribution is -2.23. The molecule has 0 fully saturated rings. The van der Waals surface area contributed by atoms with Crippen molar-refractivity contribution in [1.82, 2.24) is 0 Å². The third-order valence-corrected chi connectivity index (χ3v) is 2.71. The van der Waals surface area contributed by atoms with Crippen LogP contribution < -0.4 is 5.73 Å². The van der Waals surface area contributed by atoms with Crippen LogP contribution in [0.5, 0.6) is 0 Å². The molecule has 0 atom stereocenters. The van der Waals surface area contributed by atoms with Gasteiger partial charge in [-0.25, -0.2) is 0 Å². The number of carbonyl (C=O) groups is 3. The van der Waals surface area contributed by atoms with Gasteiger partial charge < -0.3 is 29.4 Å². The van der Waals surface area contributed by atoms with Crippen LogP contribution in [0.4, 0.5) is 0 Å². The standard InChI is InChI=1S/C13H24O5.C7H15NO3/c1-11(14)10-17-9-8-16-7-5-6-12(15)18-13(2,3)4;1-7(9)6-11-5-4-10-3-2-8/h5-10H2,1-4H3;2-6,8H2,1H3. The molecular formula is C20H39NO8. The summed E-state index contributed by atoms with van der Waals surface area (Å²) in [6.45, 7) is 12.1. The highest BCUT2D eigenvalue weighted by molar-refractivity contribution is 5.77. The maximum Gasteiger partial charge on any atom is 0.306 e. The van der Waals surface area contributed by atoms with Gasteiger partial charge in [-0.15, -0.1) is 0 Å². The number of hydrogen-bond donors (Lipinski definition) is 1. The summed E-state index contributed by atoms with van der Waals surface area (Å²) in [5, 5.41) is 0. The first-order chi connectivity index (χ1) is 13.6. The van der Waals surface area contributed by atoms with Crippen molar-refractivity contribution in [1.29, 1.82) is 0 Å². The summed E-state index contributed by atoms with van der Waals surface area (Å²) in [6, 6.07) is 0. The Morgan fingerprint density at radius 1 is 0.724 bits per heavy atom. The lowest BCUT2D eigenvalue weighted by molar-refractivity contribution is -0.155. The Hall–Kier alpha value is -1.39. The van der Waals surface area contributed by atoms with Crippen molar-refractivity contribution >= 4 is 17.5 Å². The lowest BCUT2D eigenvalue weighted by atomic mass is 10.2. The number of rotatable bonds is 16. The number of nitrogens with two attached hydrogens (primary N) is 1. The van der Waals surface area contributed by atoms with Crippen LogP contribution in [0.1, 0.15) is 47.5 Å². The number of ketones is 2. The molecule has 0 rings (SSSR count). The van der Waals surface area contributed by atoms with E-state index in [-0.39, 0.29) is 30.7 Å². The third kappa shape index (κ3) is 31.5. The fourth-order valence-corrected chi connectivity index (χ4v) is 1.67. The molecule has 0 aromatic carbocycles. The Balaban J connectivity index is 0. The minimum atomic E-state index is -0.432. The van der Waals surface area contributed by atoms with Crippen molar-refractivity contribution in [3.8, 4) is 0 Å². The molecule has 0 aliphatic heterocycles. The second kappa shape index (κ2) is 19.9. The summed E-state index contributed by atoms with van der Waals surface area (Å²) in [4.78, 5) is 32.2. The second-order valence-corrected chi connectivity index (χ2v) is 7.21. The van der Waals surface area contributed by atoms with E-state index in [0.717, 1.165) is 0 Å². The smallest absolute Gasteiger partial charge is 0.306 e. The van der Waals surface area contributed by atoms with Crippen molar-refractivity contribution in [2.75, 3.05) is 59.4 Å². The maximum atomic E-state index is 11.3. The molecule has 0 saturated carbocycles. The largest absolute Gasteiger partial charge is 0.460 e. The SMILES string of the molecule is CC(=O)COCCOCCCC(=O)OC(C)(C)C.CC(=O)COCCOCCN. The van der Waals surface area contributed by atoms with Gasteiger partial charge in [-0.05, 0) is 41.0 Å². The minimum Gasteiger partial charge on any atom is -0.460 e. The van der Waals surface area contributed by atoms with Crippen molar-refractivity contribution in [3.63, 3.8) is 0 Å². The molecule has 9 nitrogen and oxygen atoms in total. The van der Waals surface area contributed by atoms with Gasteiger partial charge in [0.2, 0.25) is 0 Å². The summed E-state index contributed by atoms with van der Waals surface area (Å²) < 4.78 is 25.4. The van der Waals surface area contributed by atoms with Gasteiger partial charge in [-0.2, -0.15) is 0 Å². The zero-order chi connectivity index (χ0) is 22.5. The Morgan fingerprint density at radius 3 is 1.59 bits per heavy atom. The molecule has 0 amide bonds. The van der Waals surface area contributed by atoms with E-state index in [9.17, 15) is 14.4 Å². The molecule has 0 aliphatic rings. The lowest BCUT2D eigenvalue weighted by Gasteiger charge is -2.19. The van der Waals surface area contributed by atoms with E-state index in [4.69, 9.17) is 29.4 Å². The second-order valence-electron chi connectivity index (χ2n) is 7.21. The van der Waals surface area contributed by atoms with E-state index >= 15 is 0 Å². The number of hydrogen-bond acceptors (Lipinski definition) is 9. The van der Waals surface area contributed by atoms with Gasteiger partial charge >= 0.3 is 5.97 Å². The highest BCUT2D eigenvalue weighted by atomic mass is 16.6. The van der Waals surface area contributed by atoms with Gasteiger partial charge in [0.05, 0.1) is 33.0 Å².